The van der Waals surface area contributed by atoms with Gasteiger partial charge < -0.3 is 10.2 Å². The second-order valence-electron chi connectivity index (χ2n) is 6.61. The average Bonchev–Trinajstić information content (AvgIpc) is 3.36. The van der Waals surface area contributed by atoms with Crippen LogP contribution in [0.25, 0.3) is 5.69 Å². The number of hydrogen-bond donors (Lipinski definition) is 1. The first-order valence-electron chi connectivity index (χ1n) is 8.88. The predicted molar refractivity (Wildman–Crippen MR) is 105 cm³/mol. The molecule has 0 radical (unpaired) electrons. The molecule has 3 aromatic rings. The zero-order chi connectivity index (χ0) is 19.5. The van der Waals surface area contributed by atoms with E-state index in [4.69, 9.17) is 11.6 Å². The Kier molecular flexibility index (Phi) is 5.08. The fraction of sp³-hybridized carbons (Fsp3) is 0.200. The molecule has 1 aliphatic heterocycles. The van der Waals surface area contributed by atoms with E-state index in [2.05, 4.69) is 15.4 Å². The van der Waals surface area contributed by atoms with Crippen LogP contribution < -0.4 is 10.2 Å². The molecule has 28 heavy (non-hydrogen) atoms. The van der Waals surface area contributed by atoms with Gasteiger partial charge >= 0.3 is 0 Å². The summed E-state index contributed by atoms with van der Waals surface area (Å²) in [5.41, 5.74) is 2.58. The normalized spacial score (nSPS) is 16.4. The maximum atomic E-state index is 12.5. The quantitative estimate of drug-likeness (QED) is 0.720. The number of nitrogens with zero attached hydrogens (tertiary/aromatic N) is 4. The van der Waals surface area contributed by atoms with Gasteiger partial charge in [0.15, 0.2) is 0 Å². The molecular weight excluding hydrogens is 378 g/mol. The molecule has 1 aliphatic rings. The fourth-order valence-electron chi connectivity index (χ4n) is 3.22. The largest absolute Gasteiger partial charge is 0.352 e. The molecule has 2 heterocycles. The minimum atomic E-state index is -0.374. The smallest absolute Gasteiger partial charge is 0.227 e. The van der Waals surface area contributed by atoms with Crippen LogP contribution in [-0.4, -0.2) is 33.1 Å². The van der Waals surface area contributed by atoms with Crippen molar-refractivity contribution in [2.24, 2.45) is 5.92 Å². The van der Waals surface area contributed by atoms with Crippen molar-refractivity contribution in [2.75, 3.05) is 11.4 Å². The summed E-state index contributed by atoms with van der Waals surface area (Å²) in [7, 11) is 0. The van der Waals surface area contributed by atoms with E-state index in [1.807, 2.05) is 30.3 Å². The number of hydrogen-bond acceptors (Lipinski definition) is 4. The summed E-state index contributed by atoms with van der Waals surface area (Å²) in [5.74, 6) is -0.571. The molecule has 0 saturated carbocycles. The van der Waals surface area contributed by atoms with Gasteiger partial charge in [-0.25, -0.2) is 9.67 Å². The van der Waals surface area contributed by atoms with E-state index in [9.17, 15) is 9.59 Å². The highest BCUT2D eigenvalue weighted by Crippen LogP contribution is 2.27. The van der Waals surface area contributed by atoms with Crippen LogP contribution in [0, 0.1) is 5.92 Å². The minimum Gasteiger partial charge on any atom is -0.352 e. The summed E-state index contributed by atoms with van der Waals surface area (Å²) in [6, 6.07) is 14.8. The summed E-state index contributed by atoms with van der Waals surface area (Å²) in [6.07, 6.45) is 3.30. The van der Waals surface area contributed by atoms with Crippen molar-refractivity contribution in [2.45, 2.75) is 13.0 Å². The standard InChI is InChI=1S/C20H18ClN5O2/c21-16-2-1-3-18(9-16)25-11-15(8-19(25)27)20(28)23-10-14-4-6-17(7-5-14)26-13-22-12-24-26/h1-7,9,12-13,15H,8,10-11H2,(H,23,28). The van der Waals surface area contributed by atoms with Crippen molar-refractivity contribution in [1.82, 2.24) is 20.1 Å². The number of amides is 2. The lowest BCUT2D eigenvalue weighted by molar-refractivity contribution is -0.126. The Labute approximate surface area is 166 Å². The van der Waals surface area contributed by atoms with Crippen LogP contribution in [0.5, 0.6) is 0 Å². The Morgan fingerprint density at radius 2 is 2.00 bits per heavy atom. The van der Waals surface area contributed by atoms with E-state index in [0.29, 0.717) is 18.1 Å². The monoisotopic (exact) mass is 395 g/mol. The Bertz CT molecular complexity index is 988. The molecule has 4 rings (SSSR count). The molecule has 2 aromatic carbocycles. The van der Waals surface area contributed by atoms with Gasteiger partial charge in [-0.2, -0.15) is 5.10 Å². The number of carbonyl (C=O) groups excluding carboxylic acids is 2. The number of benzene rings is 2. The Hall–Kier alpha value is -3.19. The summed E-state index contributed by atoms with van der Waals surface area (Å²) >= 11 is 6.01. The van der Waals surface area contributed by atoms with E-state index < -0.39 is 0 Å². The highest BCUT2D eigenvalue weighted by molar-refractivity contribution is 6.31. The molecule has 142 valence electrons. The average molecular weight is 396 g/mol. The van der Waals surface area contributed by atoms with Crippen molar-refractivity contribution in [3.05, 3.63) is 71.8 Å². The van der Waals surface area contributed by atoms with Crippen molar-refractivity contribution >= 4 is 29.1 Å². The van der Waals surface area contributed by atoms with E-state index in [-0.39, 0.29) is 24.2 Å². The first-order chi connectivity index (χ1) is 13.6. The predicted octanol–water partition coefficient (Wildman–Crippen LogP) is 2.59. The first-order valence-corrected chi connectivity index (χ1v) is 9.25. The Morgan fingerprint density at radius 1 is 1.18 bits per heavy atom. The third-order valence-corrected chi connectivity index (χ3v) is 4.94. The lowest BCUT2D eigenvalue weighted by Gasteiger charge is -2.17. The lowest BCUT2D eigenvalue weighted by atomic mass is 10.1. The third kappa shape index (κ3) is 3.89. The summed E-state index contributed by atoms with van der Waals surface area (Å²) in [4.78, 5) is 30.4. The van der Waals surface area contributed by atoms with Crippen molar-refractivity contribution in [1.29, 1.82) is 0 Å². The molecule has 1 saturated heterocycles. The summed E-state index contributed by atoms with van der Waals surface area (Å²) in [6.45, 7) is 0.759. The fourth-order valence-corrected chi connectivity index (χ4v) is 3.40. The van der Waals surface area contributed by atoms with Crippen molar-refractivity contribution < 1.29 is 9.59 Å². The number of anilines is 1. The van der Waals surface area contributed by atoms with Gasteiger partial charge in [-0.15, -0.1) is 0 Å². The van der Waals surface area contributed by atoms with Gasteiger partial charge in [0.2, 0.25) is 11.8 Å². The van der Waals surface area contributed by atoms with Crippen molar-refractivity contribution in [3.63, 3.8) is 0 Å². The second-order valence-corrected chi connectivity index (χ2v) is 7.05. The molecule has 0 bridgehead atoms. The van der Waals surface area contributed by atoms with Gasteiger partial charge in [0.05, 0.1) is 11.6 Å². The molecule has 7 nitrogen and oxygen atoms in total. The summed E-state index contributed by atoms with van der Waals surface area (Å²) < 4.78 is 1.66. The van der Waals surface area contributed by atoms with Crippen LogP contribution in [0.2, 0.25) is 5.02 Å². The third-order valence-electron chi connectivity index (χ3n) is 4.70. The zero-order valence-corrected chi connectivity index (χ0v) is 15.7. The molecule has 2 amide bonds. The van der Waals surface area contributed by atoms with Crippen LogP contribution in [0.1, 0.15) is 12.0 Å². The van der Waals surface area contributed by atoms with Gasteiger partial charge in [0.1, 0.15) is 12.7 Å². The van der Waals surface area contributed by atoms with Gasteiger partial charge in [-0.3, -0.25) is 9.59 Å². The highest BCUT2D eigenvalue weighted by atomic mass is 35.5. The SMILES string of the molecule is O=C(NCc1ccc(-n2cncn2)cc1)C1CC(=O)N(c2cccc(Cl)c2)C1. The molecule has 0 spiro atoms. The van der Waals surface area contributed by atoms with Crippen LogP contribution in [0.4, 0.5) is 5.69 Å². The number of halogens is 1. The van der Waals surface area contributed by atoms with Gasteiger partial charge in [0, 0.05) is 30.2 Å². The lowest BCUT2D eigenvalue weighted by Crippen LogP contribution is -2.32. The number of nitrogens with one attached hydrogen (secondary N) is 1. The molecule has 0 aliphatic carbocycles. The number of aromatic nitrogens is 3. The topological polar surface area (TPSA) is 80.1 Å². The minimum absolute atomic E-state index is 0.0698. The van der Waals surface area contributed by atoms with Crippen LogP contribution in [0.3, 0.4) is 0 Å². The number of rotatable bonds is 5. The molecule has 1 fully saturated rings. The zero-order valence-electron chi connectivity index (χ0n) is 15.0. The molecule has 1 unspecified atom stereocenters. The van der Waals surface area contributed by atoms with Gasteiger partial charge in [0.25, 0.3) is 0 Å². The first kappa shape index (κ1) is 18.2. The van der Waals surface area contributed by atoms with E-state index in [1.54, 1.807) is 34.1 Å². The molecular formula is C20H18ClN5O2. The highest BCUT2D eigenvalue weighted by Gasteiger charge is 2.35. The maximum absolute atomic E-state index is 12.5. The van der Waals surface area contributed by atoms with Crippen LogP contribution >= 0.6 is 11.6 Å². The summed E-state index contributed by atoms with van der Waals surface area (Å²) in [5, 5.41) is 7.56. The van der Waals surface area contributed by atoms with E-state index in [0.717, 1.165) is 16.9 Å². The molecule has 1 aromatic heterocycles. The van der Waals surface area contributed by atoms with Gasteiger partial charge in [-0.05, 0) is 35.9 Å². The van der Waals surface area contributed by atoms with Gasteiger partial charge in [-0.1, -0.05) is 29.8 Å². The number of carbonyl (C=O) groups is 2. The Morgan fingerprint density at radius 3 is 2.71 bits per heavy atom. The molecule has 1 N–H and O–H groups in total. The second kappa shape index (κ2) is 7.82. The molecule has 8 heteroatoms. The van der Waals surface area contributed by atoms with E-state index >= 15 is 0 Å². The Balaban J connectivity index is 1.35. The molecule has 1 atom stereocenters. The van der Waals surface area contributed by atoms with Crippen molar-refractivity contribution in [3.8, 4) is 5.69 Å². The maximum Gasteiger partial charge on any atom is 0.227 e. The van der Waals surface area contributed by atoms with Crippen LogP contribution in [0.15, 0.2) is 61.2 Å². The van der Waals surface area contributed by atoms with E-state index in [1.165, 1.54) is 6.33 Å². The van der Waals surface area contributed by atoms with Crippen LogP contribution in [-0.2, 0) is 16.1 Å².